The summed E-state index contributed by atoms with van der Waals surface area (Å²) in [5.74, 6) is 0. The van der Waals surface area contributed by atoms with Gasteiger partial charge in [0, 0.05) is 12.1 Å². The second-order valence-corrected chi connectivity index (χ2v) is 5.72. The monoisotopic (exact) mass is 282 g/mol. The minimum absolute atomic E-state index is 0.0987. The van der Waals surface area contributed by atoms with E-state index in [4.69, 9.17) is 5.73 Å². The first kappa shape index (κ1) is 13.8. The van der Waals surface area contributed by atoms with Gasteiger partial charge in [-0.15, -0.1) is 0 Å². The number of fused-ring (bicyclic) bond motifs is 1. The number of hydrogen-bond donors (Lipinski definition) is 1. The third-order valence-corrected chi connectivity index (χ3v) is 4.14. The second kappa shape index (κ2) is 5.30. The van der Waals surface area contributed by atoms with E-state index in [2.05, 4.69) is 12.1 Å². The highest BCUT2D eigenvalue weighted by molar-refractivity contribution is 5.45. The van der Waals surface area contributed by atoms with Crippen LogP contribution >= 0.6 is 0 Å². The molecule has 21 heavy (non-hydrogen) atoms. The molecule has 0 saturated carbocycles. The maximum absolute atomic E-state index is 11.0. The number of rotatable bonds is 3. The van der Waals surface area contributed by atoms with Gasteiger partial charge in [-0.2, -0.15) is 0 Å². The van der Waals surface area contributed by atoms with Crippen LogP contribution in [-0.4, -0.2) is 4.92 Å². The largest absolute Gasteiger partial charge is 0.320 e. The van der Waals surface area contributed by atoms with Crippen molar-refractivity contribution in [3.05, 3.63) is 74.3 Å². The topological polar surface area (TPSA) is 69.2 Å². The van der Waals surface area contributed by atoms with Crippen molar-refractivity contribution in [3.8, 4) is 0 Å². The average Bonchev–Trinajstić information content (AvgIpc) is 2.93. The van der Waals surface area contributed by atoms with E-state index >= 15 is 0 Å². The number of nitrogens with two attached hydrogens (primary N) is 1. The zero-order chi connectivity index (χ0) is 15.0. The van der Waals surface area contributed by atoms with Gasteiger partial charge >= 0.3 is 0 Å². The van der Waals surface area contributed by atoms with Gasteiger partial charge in [0.25, 0.3) is 5.69 Å². The van der Waals surface area contributed by atoms with E-state index in [0.717, 1.165) is 29.5 Å². The molecule has 1 aliphatic carbocycles. The maximum atomic E-state index is 11.0. The first-order valence-electron chi connectivity index (χ1n) is 7.18. The van der Waals surface area contributed by atoms with Crippen molar-refractivity contribution in [1.82, 2.24) is 0 Å². The molecular formula is C17H18N2O2. The molecule has 0 amide bonds. The molecule has 2 N–H and O–H groups in total. The van der Waals surface area contributed by atoms with E-state index in [9.17, 15) is 10.1 Å². The first-order chi connectivity index (χ1) is 10.0. The highest BCUT2D eigenvalue weighted by Gasteiger charge is 2.17. The summed E-state index contributed by atoms with van der Waals surface area (Å²) < 4.78 is 0. The van der Waals surface area contributed by atoms with Gasteiger partial charge in [-0.1, -0.05) is 24.3 Å². The van der Waals surface area contributed by atoms with Crippen LogP contribution in [0.4, 0.5) is 5.69 Å². The van der Waals surface area contributed by atoms with Crippen molar-refractivity contribution in [2.75, 3.05) is 0 Å². The Hall–Kier alpha value is -2.20. The van der Waals surface area contributed by atoms with Crippen molar-refractivity contribution in [2.24, 2.45) is 5.73 Å². The van der Waals surface area contributed by atoms with Crippen molar-refractivity contribution in [1.29, 1.82) is 0 Å². The van der Waals surface area contributed by atoms with E-state index in [0.29, 0.717) is 0 Å². The summed E-state index contributed by atoms with van der Waals surface area (Å²) in [7, 11) is 0. The molecule has 2 aromatic rings. The Bertz CT molecular complexity index is 710. The Morgan fingerprint density at radius 1 is 1.10 bits per heavy atom. The van der Waals surface area contributed by atoms with E-state index in [1.165, 1.54) is 17.5 Å². The number of nitro benzene ring substituents is 1. The van der Waals surface area contributed by atoms with Gasteiger partial charge in [0.15, 0.2) is 0 Å². The quantitative estimate of drug-likeness (QED) is 0.692. The highest BCUT2D eigenvalue weighted by atomic mass is 16.6. The molecule has 0 aromatic heterocycles. The standard InChI is InChI=1S/C17H18N2O2/c1-11-7-15(10-16(8-11)19(20)21)17(18)14-6-5-12-3-2-4-13(12)9-14/h5-10,17H,2-4,18H2,1H3. The molecule has 0 fully saturated rings. The van der Waals surface area contributed by atoms with Gasteiger partial charge in [0.05, 0.1) is 11.0 Å². The van der Waals surface area contributed by atoms with Crippen LogP contribution in [0.25, 0.3) is 0 Å². The lowest BCUT2D eigenvalue weighted by atomic mass is 9.95. The Labute approximate surface area is 123 Å². The minimum Gasteiger partial charge on any atom is -0.320 e. The molecule has 108 valence electrons. The Kier molecular flexibility index (Phi) is 3.47. The van der Waals surface area contributed by atoms with Gasteiger partial charge < -0.3 is 5.73 Å². The molecule has 0 aliphatic heterocycles. The summed E-state index contributed by atoms with van der Waals surface area (Å²) >= 11 is 0. The number of aryl methyl sites for hydroxylation is 3. The third-order valence-electron chi connectivity index (χ3n) is 4.14. The lowest BCUT2D eigenvalue weighted by Gasteiger charge is -2.14. The molecule has 0 spiro atoms. The summed E-state index contributed by atoms with van der Waals surface area (Å²) in [6.07, 6.45) is 3.44. The maximum Gasteiger partial charge on any atom is 0.270 e. The van der Waals surface area contributed by atoms with Crippen molar-refractivity contribution in [2.45, 2.75) is 32.2 Å². The van der Waals surface area contributed by atoms with Gasteiger partial charge in [0.2, 0.25) is 0 Å². The van der Waals surface area contributed by atoms with Crippen molar-refractivity contribution in [3.63, 3.8) is 0 Å². The molecule has 4 nitrogen and oxygen atoms in total. The Morgan fingerprint density at radius 3 is 2.62 bits per heavy atom. The van der Waals surface area contributed by atoms with Gasteiger partial charge in [-0.25, -0.2) is 0 Å². The zero-order valence-corrected chi connectivity index (χ0v) is 12.0. The molecule has 3 rings (SSSR count). The summed E-state index contributed by atoms with van der Waals surface area (Å²) in [5, 5.41) is 11.0. The van der Waals surface area contributed by atoms with Crippen molar-refractivity contribution < 1.29 is 4.92 Å². The number of nitro groups is 1. The molecule has 0 radical (unpaired) electrons. The summed E-state index contributed by atoms with van der Waals surface area (Å²) in [4.78, 5) is 10.6. The molecule has 4 heteroatoms. The third kappa shape index (κ3) is 2.67. The molecule has 0 bridgehead atoms. The van der Waals surface area contributed by atoms with Crippen LogP contribution in [-0.2, 0) is 12.8 Å². The van der Waals surface area contributed by atoms with Crippen LogP contribution in [0.2, 0.25) is 0 Å². The van der Waals surface area contributed by atoms with Crippen LogP contribution in [0.3, 0.4) is 0 Å². The van der Waals surface area contributed by atoms with E-state index in [1.807, 2.05) is 19.1 Å². The van der Waals surface area contributed by atoms with Gasteiger partial charge in [-0.3, -0.25) is 10.1 Å². The fraction of sp³-hybridized carbons (Fsp3) is 0.294. The molecule has 1 aliphatic rings. The number of hydrogen-bond acceptors (Lipinski definition) is 3. The fourth-order valence-electron chi connectivity index (χ4n) is 3.05. The molecule has 1 atom stereocenters. The molecular weight excluding hydrogens is 264 g/mol. The second-order valence-electron chi connectivity index (χ2n) is 5.72. The lowest BCUT2D eigenvalue weighted by Crippen LogP contribution is -2.13. The average molecular weight is 282 g/mol. The van der Waals surface area contributed by atoms with Crippen molar-refractivity contribution >= 4 is 5.69 Å². The molecule has 0 heterocycles. The highest BCUT2D eigenvalue weighted by Crippen LogP contribution is 2.29. The molecule has 1 unspecified atom stereocenters. The summed E-state index contributed by atoms with van der Waals surface area (Å²) in [6, 6.07) is 11.1. The summed E-state index contributed by atoms with van der Waals surface area (Å²) in [5.41, 5.74) is 11.9. The molecule has 2 aromatic carbocycles. The smallest absolute Gasteiger partial charge is 0.270 e. The SMILES string of the molecule is Cc1cc(C(N)c2ccc3c(c2)CCC3)cc([N+](=O)[O-])c1. The lowest BCUT2D eigenvalue weighted by molar-refractivity contribution is -0.385. The Morgan fingerprint density at radius 2 is 1.86 bits per heavy atom. The van der Waals surface area contributed by atoms with E-state index in [-0.39, 0.29) is 16.7 Å². The van der Waals surface area contributed by atoms with Gasteiger partial charge in [-0.05, 0) is 54.0 Å². The summed E-state index contributed by atoms with van der Waals surface area (Å²) in [6.45, 7) is 1.85. The van der Waals surface area contributed by atoms with Crippen LogP contribution in [0.15, 0.2) is 36.4 Å². The van der Waals surface area contributed by atoms with E-state index < -0.39 is 0 Å². The number of nitrogens with zero attached hydrogens (tertiary/aromatic N) is 1. The first-order valence-corrected chi connectivity index (χ1v) is 7.18. The van der Waals surface area contributed by atoms with E-state index in [1.54, 1.807) is 12.1 Å². The van der Waals surface area contributed by atoms with Crippen LogP contribution in [0.1, 0.15) is 40.3 Å². The van der Waals surface area contributed by atoms with Gasteiger partial charge in [0.1, 0.15) is 0 Å². The zero-order valence-electron chi connectivity index (χ0n) is 12.0. The fourth-order valence-corrected chi connectivity index (χ4v) is 3.05. The van der Waals surface area contributed by atoms with Crippen LogP contribution in [0, 0.1) is 17.0 Å². The normalized spacial score (nSPS) is 14.8. The number of benzene rings is 2. The predicted molar refractivity (Wildman–Crippen MR) is 82.3 cm³/mol. The molecule has 0 saturated heterocycles. The predicted octanol–water partition coefficient (Wildman–Crippen LogP) is 3.44. The minimum atomic E-state index is -0.369. The Balaban J connectivity index is 1.98. The van der Waals surface area contributed by atoms with Crippen LogP contribution < -0.4 is 5.73 Å². The van der Waals surface area contributed by atoms with Crippen LogP contribution in [0.5, 0.6) is 0 Å². The number of non-ortho nitro benzene ring substituents is 1.